The van der Waals surface area contributed by atoms with Gasteiger partial charge in [-0.25, -0.2) is 0 Å². The number of nitrogens with one attached hydrogen (secondary N) is 2. The zero-order chi connectivity index (χ0) is 17.9. The van der Waals surface area contributed by atoms with Crippen LogP contribution in [0.4, 0.5) is 0 Å². The van der Waals surface area contributed by atoms with Gasteiger partial charge in [0.1, 0.15) is 0 Å². The summed E-state index contributed by atoms with van der Waals surface area (Å²) >= 11 is 1.09. The van der Waals surface area contributed by atoms with Crippen molar-refractivity contribution in [3.63, 3.8) is 0 Å². The summed E-state index contributed by atoms with van der Waals surface area (Å²) in [4.78, 5) is 36.2. The number of thiophene rings is 1. The lowest BCUT2D eigenvalue weighted by molar-refractivity contribution is 0.0849. The number of hydrazine groups is 1. The lowest BCUT2D eigenvalue weighted by Crippen LogP contribution is -2.41. The highest BCUT2D eigenvalue weighted by atomic mass is 32.1. The summed E-state index contributed by atoms with van der Waals surface area (Å²) in [6, 6.07) is 10.4. The molecule has 1 aromatic heterocycles. The number of carbonyl (C=O) groups is 3. The second-order valence-corrected chi connectivity index (χ2v) is 7.54. The van der Waals surface area contributed by atoms with Gasteiger partial charge < -0.3 is 0 Å². The van der Waals surface area contributed by atoms with E-state index in [2.05, 4.69) is 31.6 Å². The highest BCUT2D eigenvalue weighted by Gasteiger charge is 2.15. The van der Waals surface area contributed by atoms with Crippen LogP contribution in [0.2, 0.25) is 0 Å². The van der Waals surface area contributed by atoms with E-state index in [0.29, 0.717) is 15.3 Å². The number of carbonyl (C=O) groups excluding carboxylic acids is 3. The number of Topliss-reactive ketones (excluding diaryl/α,β-unsaturated/α-hetero) is 1. The van der Waals surface area contributed by atoms with E-state index in [1.54, 1.807) is 24.3 Å². The fourth-order valence-corrected chi connectivity index (χ4v) is 2.81. The Morgan fingerprint density at radius 2 is 1.38 bits per heavy atom. The van der Waals surface area contributed by atoms with Crippen LogP contribution in [-0.4, -0.2) is 17.6 Å². The predicted octanol–water partition coefficient (Wildman–Crippen LogP) is 3.32. The summed E-state index contributed by atoms with van der Waals surface area (Å²) in [5.74, 6) is -0.943. The van der Waals surface area contributed by atoms with Crippen LogP contribution in [0, 0.1) is 0 Å². The van der Waals surface area contributed by atoms with E-state index in [9.17, 15) is 14.4 Å². The zero-order valence-electron chi connectivity index (χ0n) is 14.1. The van der Waals surface area contributed by atoms with Gasteiger partial charge >= 0.3 is 0 Å². The fraction of sp³-hybridized carbons (Fsp3) is 0.278. The fourth-order valence-electron chi connectivity index (χ4n) is 2.02. The molecule has 0 radical (unpaired) electrons. The normalized spacial score (nSPS) is 11.0. The molecule has 0 fully saturated rings. The molecule has 1 aromatic carbocycles. The van der Waals surface area contributed by atoms with E-state index < -0.39 is 11.8 Å². The number of amides is 2. The molecule has 126 valence electrons. The van der Waals surface area contributed by atoms with Crippen molar-refractivity contribution < 1.29 is 14.4 Å². The number of ketones is 1. The smallest absolute Gasteiger partial charge is 0.279 e. The molecule has 0 bridgehead atoms. The molecule has 2 aromatic rings. The topological polar surface area (TPSA) is 75.3 Å². The van der Waals surface area contributed by atoms with Crippen molar-refractivity contribution in [2.45, 2.75) is 33.1 Å². The third-order valence-corrected chi connectivity index (χ3v) is 4.66. The van der Waals surface area contributed by atoms with Crippen molar-refractivity contribution in [3.8, 4) is 0 Å². The van der Waals surface area contributed by atoms with Crippen LogP contribution in [0.3, 0.4) is 0 Å². The minimum absolute atomic E-state index is 0.0107. The first-order valence-corrected chi connectivity index (χ1v) is 8.32. The SMILES string of the molecule is CC(=O)c1ccc(C(=O)NNC(=O)c2ccc(C(C)(C)C)cc2)s1. The second kappa shape index (κ2) is 6.97. The van der Waals surface area contributed by atoms with Crippen molar-refractivity contribution in [3.05, 3.63) is 57.3 Å². The monoisotopic (exact) mass is 344 g/mol. The van der Waals surface area contributed by atoms with Crippen LogP contribution >= 0.6 is 11.3 Å². The van der Waals surface area contributed by atoms with E-state index in [-0.39, 0.29) is 11.2 Å². The van der Waals surface area contributed by atoms with Crippen LogP contribution in [0.25, 0.3) is 0 Å². The van der Waals surface area contributed by atoms with E-state index in [0.717, 1.165) is 16.9 Å². The molecule has 1 heterocycles. The Balaban J connectivity index is 1.97. The van der Waals surface area contributed by atoms with Crippen LogP contribution in [0.15, 0.2) is 36.4 Å². The minimum atomic E-state index is -0.452. The van der Waals surface area contributed by atoms with Gasteiger partial charge in [-0.15, -0.1) is 11.3 Å². The molecule has 0 saturated carbocycles. The number of benzene rings is 1. The molecular formula is C18H20N2O3S. The third kappa shape index (κ3) is 4.29. The molecule has 24 heavy (non-hydrogen) atoms. The van der Waals surface area contributed by atoms with E-state index >= 15 is 0 Å². The summed E-state index contributed by atoms with van der Waals surface area (Å²) in [5, 5.41) is 0. The summed E-state index contributed by atoms with van der Waals surface area (Å²) in [6.45, 7) is 7.73. The van der Waals surface area contributed by atoms with Gasteiger partial charge in [-0.3, -0.25) is 25.2 Å². The first kappa shape index (κ1) is 17.9. The van der Waals surface area contributed by atoms with Crippen LogP contribution < -0.4 is 10.9 Å². The van der Waals surface area contributed by atoms with Crippen molar-refractivity contribution >= 4 is 28.9 Å². The molecule has 0 saturated heterocycles. The molecule has 0 atom stereocenters. The molecule has 2 amide bonds. The van der Waals surface area contributed by atoms with Gasteiger partial charge in [0.15, 0.2) is 5.78 Å². The van der Waals surface area contributed by atoms with E-state index in [4.69, 9.17) is 0 Å². The highest BCUT2D eigenvalue weighted by molar-refractivity contribution is 7.15. The highest BCUT2D eigenvalue weighted by Crippen LogP contribution is 2.22. The van der Waals surface area contributed by atoms with Crippen molar-refractivity contribution in [1.29, 1.82) is 0 Å². The Labute approximate surface area is 145 Å². The van der Waals surface area contributed by atoms with Crippen molar-refractivity contribution in [1.82, 2.24) is 10.9 Å². The molecule has 2 rings (SSSR count). The maximum Gasteiger partial charge on any atom is 0.279 e. The molecule has 0 aliphatic carbocycles. The lowest BCUT2D eigenvalue weighted by atomic mass is 9.87. The molecule has 6 heteroatoms. The summed E-state index contributed by atoms with van der Waals surface area (Å²) < 4.78 is 0. The molecule has 5 nitrogen and oxygen atoms in total. The molecule has 0 aliphatic heterocycles. The average molecular weight is 344 g/mol. The first-order chi connectivity index (χ1) is 11.2. The number of rotatable bonds is 3. The van der Waals surface area contributed by atoms with Crippen LogP contribution in [0.1, 0.15) is 63.0 Å². The minimum Gasteiger partial charge on any atom is -0.294 e. The Bertz CT molecular complexity index is 770. The number of hydrogen-bond donors (Lipinski definition) is 2. The molecule has 0 spiro atoms. The lowest BCUT2D eigenvalue weighted by Gasteiger charge is -2.19. The summed E-state index contributed by atoms with van der Waals surface area (Å²) in [7, 11) is 0. The maximum atomic E-state index is 12.1. The predicted molar refractivity (Wildman–Crippen MR) is 94.4 cm³/mol. The molecule has 2 N–H and O–H groups in total. The summed E-state index contributed by atoms with van der Waals surface area (Å²) in [5.41, 5.74) is 6.32. The van der Waals surface area contributed by atoms with Gasteiger partial charge in [-0.05, 0) is 42.2 Å². The van der Waals surface area contributed by atoms with E-state index in [1.807, 2.05) is 12.1 Å². The average Bonchev–Trinajstić information content (AvgIpc) is 3.02. The van der Waals surface area contributed by atoms with Gasteiger partial charge in [0, 0.05) is 5.56 Å². The Kier molecular flexibility index (Phi) is 5.19. The van der Waals surface area contributed by atoms with E-state index in [1.165, 1.54) is 6.92 Å². The zero-order valence-corrected chi connectivity index (χ0v) is 14.9. The second-order valence-electron chi connectivity index (χ2n) is 6.46. The quantitative estimate of drug-likeness (QED) is 0.662. The first-order valence-electron chi connectivity index (χ1n) is 7.50. The molecule has 0 aliphatic rings. The van der Waals surface area contributed by atoms with Gasteiger partial charge in [0.2, 0.25) is 0 Å². The Morgan fingerprint density at radius 3 is 1.88 bits per heavy atom. The summed E-state index contributed by atoms with van der Waals surface area (Å²) in [6.07, 6.45) is 0. The van der Waals surface area contributed by atoms with Crippen LogP contribution in [0.5, 0.6) is 0 Å². The van der Waals surface area contributed by atoms with Crippen molar-refractivity contribution in [2.24, 2.45) is 0 Å². The molecular weight excluding hydrogens is 324 g/mol. The largest absolute Gasteiger partial charge is 0.294 e. The standard InChI is InChI=1S/C18H20N2O3S/c1-11(21)14-9-10-15(24-14)17(23)20-19-16(22)12-5-7-13(8-6-12)18(2,3)4/h5-10H,1-4H3,(H,19,22)(H,20,23). The van der Waals surface area contributed by atoms with Gasteiger partial charge in [-0.2, -0.15) is 0 Å². The molecule has 0 unspecified atom stereocenters. The Hall–Kier alpha value is -2.47. The number of hydrogen-bond acceptors (Lipinski definition) is 4. The van der Waals surface area contributed by atoms with Crippen molar-refractivity contribution in [2.75, 3.05) is 0 Å². The maximum absolute atomic E-state index is 12.1. The van der Waals surface area contributed by atoms with Gasteiger partial charge in [-0.1, -0.05) is 32.9 Å². The van der Waals surface area contributed by atoms with Gasteiger partial charge in [0.25, 0.3) is 11.8 Å². The third-order valence-electron chi connectivity index (χ3n) is 3.48. The Morgan fingerprint density at radius 1 is 0.833 bits per heavy atom. The van der Waals surface area contributed by atoms with Gasteiger partial charge in [0.05, 0.1) is 9.75 Å². The van der Waals surface area contributed by atoms with Crippen LogP contribution in [-0.2, 0) is 5.41 Å².